The normalized spacial score (nSPS) is 28.9. The number of fused-ring (bicyclic) bond motifs is 2. The van der Waals surface area contributed by atoms with Crippen LogP contribution in [0.5, 0.6) is 0 Å². The first kappa shape index (κ1) is 14.5. The third-order valence-electron chi connectivity index (χ3n) is 4.20. The minimum Gasteiger partial charge on any atom is -0.477 e. The molecule has 2 aliphatic rings. The zero-order chi connectivity index (χ0) is 14.5. The van der Waals surface area contributed by atoms with Gasteiger partial charge in [0.2, 0.25) is 10.0 Å². The molecule has 2 saturated carbocycles. The molecule has 2 fully saturated rings. The Hall–Kier alpha value is -0.440. The molecular weight excluding hydrogens is 366 g/mol. The van der Waals surface area contributed by atoms with Gasteiger partial charge in [0, 0.05) is 6.04 Å². The summed E-state index contributed by atoms with van der Waals surface area (Å²) < 4.78 is 27.9. The van der Waals surface area contributed by atoms with Crippen molar-refractivity contribution in [1.82, 2.24) is 4.72 Å². The number of sulfonamides is 1. The van der Waals surface area contributed by atoms with Crippen molar-refractivity contribution in [1.29, 1.82) is 0 Å². The molecule has 2 bridgehead atoms. The van der Waals surface area contributed by atoms with Crippen molar-refractivity contribution in [2.75, 3.05) is 0 Å². The van der Waals surface area contributed by atoms with Gasteiger partial charge in [-0.15, -0.1) is 11.3 Å². The average molecular weight is 380 g/mol. The monoisotopic (exact) mass is 379 g/mol. The molecule has 0 radical (unpaired) electrons. The predicted molar refractivity (Wildman–Crippen MR) is 78.5 cm³/mol. The van der Waals surface area contributed by atoms with Crippen molar-refractivity contribution in [3.63, 3.8) is 0 Å². The summed E-state index contributed by atoms with van der Waals surface area (Å²) in [6.07, 6.45) is 4.30. The van der Waals surface area contributed by atoms with Crippen LogP contribution in [-0.4, -0.2) is 25.5 Å². The molecule has 0 saturated heterocycles. The van der Waals surface area contributed by atoms with Crippen molar-refractivity contribution >= 4 is 43.3 Å². The maximum atomic E-state index is 12.4. The van der Waals surface area contributed by atoms with E-state index in [-0.39, 0.29) is 15.8 Å². The minimum absolute atomic E-state index is 0.00109. The molecule has 1 heterocycles. The molecule has 0 amide bonds. The molecule has 110 valence electrons. The van der Waals surface area contributed by atoms with Crippen molar-refractivity contribution in [2.24, 2.45) is 11.8 Å². The SMILES string of the molecule is O=C(O)c1cc(S(=O)(=O)NC2CC3CCC2C3)c(Br)s1. The second-order valence-electron chi connectivity index (χ2n) is 5.46. The molecule has 0 spiro atoms. The van der Waals surface area contributed by atoms with Crippen molar-refractivity contribution in [3.05, 3.63) is 14.7 Å². The van der Waals surface area contributed by atoms with Crippen LogP contribution in [0.15, 0.2) is 14.7 Å². The van der Waals surface area contributed by atoms with Crippen LogP contribution >= 0.6 is 27.3 Å². The van der Waals surface area contributed by atoms with E-state index in [4.69, 9.17) is 5.11 Å². The van der Waals surface area contributed by atoms with Crippen molar-refractivity contribution < 1.29 is 18.3 Å². The van der Waals surface area contributed by atoms with Crippen LogP contribution in [0.2, 0.25) is 0 Å². The fraction of sp³-hybridized carbons (Fsp3) is 0.583. The number of hydrogen-bond donors (Lipinski definition) is 2. The summed E-state index contributed by atoms with van der Waals surface area (Å²) in [5, 5.41) is 8.93. The number of halogens is 1. The van der Waals surface area contributed by atoms with Gasteiger partial charge in [-0.3, -0.25) is 0 Å². The summed E-state index contributed by atoms with van der Waals surface area (Å²) >= 11 is 4.07. The summed E-state index contributed by atoms with van der Waals surface area (Å²) in [5.74, 6) is -0.0311. The van der Waals surface area contributed by atoms with Gasteiger partial charge in [-0.2, -0.15) is 0 Å². The van der Waals surface area contributed by atoms with Gasteiger partial charge in [-0.1, -0.05) is 6.42 Å². The van der Waals surface area contributed by atoms with E-state index in [1.54, 1.807) is 0 Å². The molecule has 2 aliphatic carbocycles. The van der Waals surface area contributed by atoms with Gasteiger partial charge in [0.15, 0.2) is 0 Å². The number of carboxylic acid groups (broad SMARTS) is 1. The number of hydrogen-bond acceptors (Lipinski definition) is 4. The maximum Gasteiger partial charge on any atom is 0.345 e. The third-order valence-corrected chi connectivity index (χ3v) is 7.93. The molecular formula is C12H14BrNO4S2. The number of carboxylic acids is 1. The van der Waals surface area contributed by atoms with Crippen LogP contribution in [0.25, 0.3) is 0 Å². The van der Waals surface area contributed by atoms with Crippen molar-refractivity contribution in [2.45, 2.75) is 36.6 Å². The Bertz CT molecular complexity index is 654. The molecule has 0 aliphatic heterocycles. The summed E-state index contributed by atoms with van der Waals surface area (Å²) in [5.41, 5.74) is 0. The van der Waals surface area contributed by atoms with E-state index in [2.05, 4.69) is 20.7 Å². The third kappa shape index (κ3) is 2.54. The topological polar surface area (TPSA) is 83.5 Å². The largest absolute Gasteiger partial charge is 0.477 e. The summed E-state index contributed by atoms with van der Waals surface area (Å²) in [4.78, 5) is 11.0. The molecule has 3 rings (SSSR count). The number of aromatic carboxylic acids is 1. The lowest BCUT2D eigenvalue weighted by molar-refractivity contribution is 0.0702. The summed E-state index contributed by atoms with van der Waals surface area (Å²) in [7, 11) is -3.66. The lowest BCUT2D eigenvalue weighted by Crippen LogP contribution is -2.38. The zero-order valence-corrected chi connectivity index (χ0v) is 13.7. The standard InChI is InChI=1S/C12H14BrNO4S2/c13-11-10(5-9(19-11)12(15)16)20(17,18)14-8-4-6-1-2-7(8)3-6/h5-8,14H,1-4H2,(H,15,16). The Morgan fingerprint density at radius 1 is 1.40 bits per heavy atom. The summed E-state index contributed by atoms with van der Waals surface area (Å²) in [6.45, 7) is 0. The molecule has 3 unspecified atom stereocenters. The van der Waals surface area contributed by atoms with Gasteiger partial charge >= 0.3 is 5.97 Å². The first-order valence-electron chi connectivity index (χ1n) is 6.42. The summed E-state index contributed by atoms with van der Waals surface area (Å²) in [6, 6.07) is 1.21. The van der Waals surface area contributed by atoms with E-state index in [0.717, 1.165) is 30.6 Å². The number of nitrogens with one attached hydrogen (secondary N) is 1. The smallest absolute Gasteiger partial charge is 0.345 e. The molecule has 1 aromatic heterocycles. The van der Waals surface area contributed by atoms with E-state index in [1.165, 1.54) is 12.5 Å². The van der Waals surface area contributed by atoms with E-state index < -0.39 is 16.0 Å². The molecule has 8 heteroatoms. The zero-order valence-electron chi connectivity index (χ0n) is 10.5. The Morgan fingerprint density at radius 3 is 2.65 bits per heavy atom. The predicted octanol–water partition coefficient (Wildman–Crippen LogP) is 2.68. The van der Waals surface area contributed by atoms with Gasteiger partial charge in [-0.05, 0) is 53.1 Å². The quantitative estimate of drug-likeness (QED) is 0.841. The lowest BCUT2D eigenvalue weighted by atomic mass is 9.96. The van der Waals surface area contributed by atoms with Crippen LogP contribution in [0.3, 0.4) is 0 Å². The first-order chi connectivity index (χ1) is 9.37. The van der Waals surface area contributed by atoms with E-state index in [0.29, 0.717) is 15.6 Å². The van der Waals surface area contributed by atoms with E-state index in [9.17, 15) is 13.2 Å². The van der Waals surface area contributed by atoms with Crippen molar-refractivity contribution in [3.8, 4) is 0 Å². The van der Waals surface area contributed by atoms with Gasteiger partial charge in [0.05, 0.1) is 3.79 Å². The average Bonchev–Trinajstić information content (AvgIpc) is 3.02. The second kappa shape index (κ2) is 5.08. The number of thiophene rings is 1. The highest BCUT2D eigenvalue weighted by molar-refractivity contribution is 9.11. The van der Waals surface area contributed by atoms with Crippen LogP contribution < -0.4 is 4.72 Å². The highest BCUT2D eigenvalue weighted by Crippen LogP contribution is 2.45. The fourth-order valence-electron chi connectivity index (χ4n) is 3.29. The van der Waals surface area contributed by atoms with E-state index >= 15 is 0 Å². The fourth-order valence-corrected chi connectivity index (χ4v) is 7.01. The van der Waals surface area contributed by atoms with Crippen LogP contribution in [-0.2, 0) is 10.0 Å². The lowest BCUT2D eigenvalue weighted by Gasteiger charge is -2.22. The Kier molecular flexibility index (Phi) is 3.68. The van der Waals surface area contributed by atoms with Crippen LogP contribution in [0.1, 0.15) is 35.4 Å². The molecule has 2 N–H and O–H groups in total. The van der Waals surface area contributed by atoms with Gasteiger partial charge < -0.3 is 5.11 Å². The Balaban J connectivity index is 1.83. The number of carbonyl (C=O) groups is 1. The highest BCUT2D eigenvalue weighted by atomic mass is 79.9. The second-order valence-corrected chi connectivity index (χ2v) is 9.51. The Morgan fingerprint density at radius 2 is 2.15 bits per heavy atom. The molecule has 3 atom stereocenters. The van der Waals surface area contributed by atoms with Gasteiger partial charge in [0.1, 0.15) is 9.77 Å². The maximum absolute atomic E-state index is 12.4. The number of rotatable bonds is 4. The highest BCUT2D eigenvalue weighted by Gasteiger charge is 2.41. The van der Waals surface area contributed by atoms with Gasteiger partial charge in [-0.25, -0.2) is 17.9 Å². The van der Waals surface area contributed by atoms with Crippen LogP contribution in [0, 0.1) is 11.8 Å². The van der Waals surface area contributed by atoms with Gasteiger partial charge in [0.25, 0.3) is 0 Å². The molecule has 0 aromatic carbocycles. The van der Waals surface area contributed by atoms with E-state index in [1.807, 2.05) is 0 Å². The molecule has 1 aromatic rings. The molecule has 5 nitrogen and oxygen atoms in total. The Labute approximate surface area is 129 Å². The minimum atomic E-state index is -3.66. The van der Waals surface area contributed by atoms with Crippen LogP contribution in [0.4, 0.5) is 0 Å². The molecule has 20 heavy (non-hydrogen) atoms. The first-order valence-corrected chi connectivity index (χ1v) is 9.51.